The zero-order chi connectivity index (χ0) is 17.7. The average Bonchev–Trinajstić information content (AvgIpc) is 2.59. The van der Waals surface area contributed by atoms with Crippen molar-refractivity contribution in [2.45, 2.75) is 36.7 Å². The van der Waals surface area contributed by atoms with Crippen LogP contribution in [0.15, 0.2) is 23.1 Å². The van der Waals surface area contributed by atoms with Crippen molar-refractivity contribution in [3.8, 4) is 5.75 Å². The number of benzene rings is 1. The molecule has 7 nitrogen and oxygen atoms in total. The van der Waals surface area contributed by atoms with Gasteiger partial charge in [0.15, 0.2) is 0 Å². The minimum absolute atomic E-state index is 0.0942. The summed E-state index contributed by atoms with van der Waals surface area (Å²) in [6.45, 7) is 0.341. The number of nitrogens with one attached hydrogen (secondary N) is 1. The number of hydrogen-bond donors (Lipinski definition) is 3. The molecule has 0 aliphatic heterocycles. The van der Waals surface area contributed by atoms with Crippen LogP contribution in [-0.4, -0.2) is 52.5 Å². The molecule has 134 valence electrons. The van der Waals surface area contributed by atoms with Gasteiger partial charge in [0.1, 0.15) is 10.6 Å². The lowest BCUT2D eigenvalue weighted by molar-refractivity contribution is 0.0575. The topological polar surface area (TPSA) is 105 Å². The minimum atomic E-state index is -3.81. The van der Waals surface area contributed by atoms with Crippen molar-refractivity contribution in [3.05, 3.63) is 18.2 Å². The molecule has 0 unspecified atom stereocenters. The standard InChI is InChI=1S/C15H24BNO6S/c1-22-13-6-3-11(4-7-13)10-17-24(20,21)15-9-12(16(18)19)5-8-14(15)23-2/h5,8-9,11,13,17-19H,3-4,6-7,10H2,1-2H3. The van der Waals surface area contributed by atoms with Crippen LogP contribution in [0.4, 0.5) is 0 Å². The van der Waals surface area contributed by atoms with Gasteiger partial charge in [0, 0.05) is 13.7 Å². The number of hydrogen-bond acceptors (Lipinski definition) is 6. The Morgan fingerprint density at radius 1 is 1.21 bits per heavy atom. The number of sulfonamides is 1. The Morgan fingerprint density at radius 3 is 2.42 bits per heavy atom. The van der Waals surface area contributed by atoms with Crippen molar-refractivity contribution in [1.29, 1.82) is 0 Å². The van der Waals surface area contributed by atoms with Crippen molar-refractivity contribution >= 4 is 22.6 Å². The summed E-state index contributed by atoms with van der Waals surface area (Å²) in [4.78, 5) is -0.0961. The van der Waals surface area contributed by atoms with Gasteiger partial charge < -0.3 is 19.5 Å². The van der Waals surface area contributed by atoms with Crippen LogP contribution in [0.3, 0.4) is 0 Å². The summed E-state index contributed by atoms with van der Waals surface area (Å²) in [6.07, 6.45) is 3.94. The summed E-state index contributed by atoms with van der Waals surface area (Å²) in [6, 6.07) is 4.04. The predicted octanol–water partition coefficient (Wildman–Crippen LogP) is -0.142. The molecule has 0 aromatic heterocycles. The van der Waals surface area contributed by atoms with E-state index in [1.165, 1.54) is 25.3 Å². The van der Waals surface area contributed by atoms with Crippen molar-refractivity contribution in [1.82, 2.24) is 4.72 Å². The first-order chi connectivity index (χ1) is 11.4. The van der Waals surface area contributed by atoms with Gasteiger partial charge in [0.25, 0.3) is 0 Å². The zero-order valence-electron chi connectivity index (χ0n) is 13.9. The fraction of sp³-hybridized carbons (Fsp3) is 0.600. The summed E-state index contributed by atoms with van der Waals surface area (Å²) in [5, 5.41) is 18.5. The van der Waals surface area contributed by atoms with Gasteiger partial charge in [0.2, 0.25) is 10.0 Å². The van der Waals surface area contributed by atoms with E-state index in [1.54, 1.807) is 7.11 Å². The summed E-state index contributed by atoms with van der Waals surface area (Å²) < 4.78 is 38.2. The van der Waals surface area contributed by atoms with E-state index in [4.69, 9.17) is 9.47 Å². The van der Waals surface area contributed by atoms with Crippen LogP contribution in [0.2, 0.25) is 0 Å². The molecule has 1 aliphatic carbocycles. The fourth-order valence-corrected chi connectivity index (χ4v) is 4.26. The molecule has 9 heteroatoms. The molecule has 1 aliphatic rings. The quantitative estimate of drug-likeness (QED) is 0.587. The van der Waals surface area contributed by atoms with Crippen molar-refractivity contribution in [3.63, 3.8) is 0 Å². The van der Waals surface area contributed by atoms with E-state index in [0.29, 0.717) is 6.54 Å². The van der Waals surface area contributed by atoms with Crippen molar-refractivity contribution < 1.29 is 27.9 Å². The maximum atomic E-state index is 12.6. The van der Waals surface area contributed by atoms with Gasteiger partial charge in [0.05, 0.1) is 13.2 Å². The highest BCUT2D eigenvalue weighted by molar-refractivity contribution is 7.89. The molecule has 0 amide bonds. The third-order valence-corrected chi connectivity index (χ3v) is 5.91. The van der Waals surface area contributed by atoms with Crippen LogP contribution in [-0.2, 0) is 14.8 Å². The number of methoxy groups -OCH3 is 2. The molecular weight excluding hydrogens is 333 g/mol. The van der Waals surface area contributed by atoms with Crippen LogP contribution in [0, 0.1) is 5.92 Å². The van der Waals surface area contributed by atoms with Gasteiger partial charge in [-0.3, -0.25) is 0 Å². The van der Waals surface area contributed by atoms with E-state index in [1.807, 2.05) is 0 Å². The fourth-order valence-electron chi connectivity index (χ4n) is 2.94. The lowest BCUT2D eigenvalue weighted by atomic mass is 9.80. The summed E-state index contributed by atoms with van der Waals surface area (Å²) in [5.41, 5.74) is 0.0942. The van der Waals surface area contributed by atoms with Gasteiger partial charge in [-0.05, 0) is 49.2 Å². The molecule has 0 radical (unpaired) electrons. The smallest absolute Gasteiger partial charge is 0.488 e. The predicted molar refractivity (Wildman–Crippen MR) is 90.8 cm³/mol. The monoisotopic (exact) mass is 357 g/mol. The van der Waals surface area contributed by atoms with E-state index < -0.39 is 17.1 Å². The molecule has 1 saturated carbocycles. The van der Waals surface area contributed by atoms with Crippen molar-refractivity contribution in [2.24, 2.45) is 5.92 Å². The summed E-state index contributed by atoms with van der Waals surface area (Å²) in [5.74, 6) is 0.429. The van der Waals surface area contributed by atoms with E-state index in [0.717, 1.165) is 25.7 Å². The molecule has 0 heterocycles. The molecule has 0 saturated heterocycles. The summed E-state index contributed by atoms with van der Waals surface area (Å²) >= 11 is 0. The Balaban J connectivity index is 2.08. The van der Waals surface area contributed by atoms with E-state index in [9.17, 15) is 18.5 Å². The highest BCUT2D eigenvalue weighted by Crippen LogP contribution is 2.27. The maximum absolute atomic E-state index is 12.6. The van der Waals surface area contributed by atoms with Crippen LogP contribution in [0.5, 0.6) is 5.75 Å². The van der Waals surface area contributed by atoms with E-state index in [2.05, 4.69) is 4.72 Å². The third-order valence-electron chi connectivity index (χ3n) is 4.46. The Morgan fingerprint density at radius 2 is 1.88 bits per heavy atom. The van der Waals surface area contributed by atoms with Gasteiger partial charge in [-0.15, -0.1) is 0 Å². The largest absolute Gasteiger partial charge is 0.495 e. The van der Waals surface area contributed by atoms with Gasteiger partial charge in [-0.25, -0.2) is 13.1 Å². The summed E-state index contributed by atoms with van der Waals surface area (Å²) in [7, 11) is -2.48. The highest BCUT2D eigenvalue weighted by atomic mass is 32.2. The normalized spacial score (nSPS) is 21.5. The molecule has 1 aromatic rings. The van der Waals surface area contributed by atoms with Gasteiger partial charge in [-0.1, -0.05) is 6.07 Å². The van der Waals surface area contributed by atoms with Gasteiger partial charge in [-0.2, -0.15) is 0 Å². The van der Waals surface area contributed by atoms with E-state index in [-0.39, 0.29) is 28.1 Å². The van der Waals surface area contributed by atoms with Gasteiger partial charge >= 0.3 is 7.12 Å². The molecule has 3 N–H and O–H groups in total. The third kappa shape index (κ3) is 4.70. The van der Waals surface area contributed by atoms with Crippen LogP contribution >= 0.6 is 0 Å². The average molecular weight is 357 g/mol. The molecule has 1 fully saturated rings. The molecular formula is C15H24BNO6S. The molecule has 2 rings (SSSR count). The Bertz CT molecular complexity index is 643. The second-order valence-corrected chi connectivity index (χ2v) is 7.75. The van der Waals surface area contributed by atoms with Crippen molar-refractivity contribution in [2.75, 3.05) is 20.8 Å². The first kappa shape index (κ1) is 19.2. The first-order valence-corrected chi connectivity index (χ1v) is 9.42. The number of rotatable bonds is 7. The highest BCUT2D eigenvalue weighted by Gasteiger charge is 2.26. The van der Waals surface area contributed by atoms with E-state index >= 15 is 0 Å². The SMILES string of the molecule is COc1ccc(B(O)O)cc1S(=O)(=O)NCC1CCC(OC)CC1. The second kappa shape index (κ2) is 8.31. The Hall–Kier alpha value is -1.13. The Labute approximate surface area is 143 Å². The lowest BCUT2D eigenvalue weighted by Gasteiger charge is -2.27. The van der Waals surface area contributed by atoms with Crippen LogP contribution < -0.4 is 14.9 Å². The first-order valence-electron chi connectivity index (χ1n) is 7.94. The number of ether oxygens (including phenoxy) is 2. The second-order valence-electron chi connectivity index (χ2n) is 6.01. The molecule has 0 spiro atoms. The lowest BCUT2D eigenvalue weighted by Crippen LogP contribution is -2.34. The Kier molecular flexibility index (Phi) is 6.65. The van der Waals surface area contributed by atoms with Crippen LogP contribution in [0.25, 0.3) is 0 Å². The molecule has 1 aromatic carbocycles. The van der Waals surface area contributed by atoms with Crippen LogP contribution in [0.1, 0.15) is 25.7 Å². The maximum Gasteiger partial charge on any atom is 0.488 e. The molecule has 24 heavy (non-hydrogen) atoms. The zero-order valence-corrected chi connectivity index (χ0v) is 14.8. The molecule has 0 atom stereocenters. The molecule has 0 bridgehead atoms. The minimum Gasteiger partial charge on any atom is -0.495 e.